The molecular formula is C14H15ClFNO. The smallest absolute Gasteiger partial charge is 0.125 e. The van der Waals surface area contributed by atoms with Gasteiger partial charge in [0.15, 0.2) is 0 Å². The van der Waals surface area contributed by atoms with Gasteiger partial charge in [-0.15, -0.1) is 0 Å². The Morgan fingerprint density at radius 3 is 2.72 bits per heavy atom. The first-order chi connectivity index (χ1) is 8.61. The first kappa shape index (κ1) is 13.1. The highest BCUT2D eigenvalue weighted by molar-refractivity contribution is 6.31. The summed E-state index contributed by atoms with van der Waals surface area (Å²) in [5.41, 5.74) is 0.688. The Morgan fingerprint density at radius 1 is 1.33 bits per heavy atom. The molecule has 0 bridgehead atoms. The Balaban J connectivity index is 2.44. The number of benzene rings is 1. The average Bonchev–Trinajstić information content (AvgIpc) is 2.76. The van der Waals surface area contributed by atoms with E-state index >= 15 is 0 Å². The Hall–Kier alpha value is -1.32. The predicted octanol–water partition coefficient (Wildman–Crippen LogP) is 4.08. The van der Waals surface area contributed by atoms with Crippen LogP contribution in [0.2, 0.25) is 5.02 Å². The molecule has 1 atom stereocenters. The van der Waals surface area contributed by atoms with Crippen molar-refractivity contribution in [3.63, 3.8) is 0 Å². The summed E-state index contributed by atoms with van der Waals surface area (Å²) in [6.07, 6.45) is 0. The van der Waals surface area contributed by atoms with Crippen LogP contribution in [0.4, 0.5) is 4.39 Å². The fraction of sp³-hybridized carbons (Fsp3) is 0.286. The van der Waals surface area contributed by atoms with E-state index in [1.54, 1.807) is 6.07 Å². The average molecular weight is 268 g/mol. The van der Waals surface area contributed by atoms with Gasteiger partial charge in [0.05, 0.1) is 6.04 Å². The first-order valence-corrected chi connectivity index (χ1v) is 6.24. The number of halogens is 2. The second-order valence-corrected chi connectivity index (χ2v) is 4.51. The molecule has 1 aromatic carbocycles. The topological polar surface area (TPSA) is 25.2 Å². The van der Waals surface area contributed by atoms with E-state index in [9.17, 15) is 4.39 Å². The lowest BCUT2D eigenvalue weighted by molar-refractivity contribution is 0.434. The van der Waals surface area contributed by atoms with Crippen LogP contribution >= 0.6 is 11.6 Å². The molecule has 0 aliphatic carbocycles. The van der Waals surface area contributed by atoms with E-state index in [4.69, 9.17) is 16.0 Å². The lowest BCUT2D eigenvalue weighted by Gasteiger charge is -2.17. The SMILES string of the molecule is CCNC(c1ccc(C)o1)c1cc(F)ccc1Cl. The number of hydrogen-bond donors (Lipinski definition) is 1. The van der Waals surface area contributed by atoms with Gasteiger partial charge in [-0.2, -0.15) is 0 Å². The van der Waals surface area contributed by atoms with E-state index in [0.29, 0.717) is 10.6 Å². The van der Waals surface area contributed by atoms with Gasteiger partial charge in [0, 0.05) is 5.02 Å². The van der Waals surface area contributed by atoms with Crippen molar-refractivity contribution in [1.82, 2.24) is 5.32 Å². The summed E-state index contributed by atoms with van der Waals surface area (Å²) in [6.45, 7) is 4.59. The standard InChI is InChI=1S/C14H15ClFNO/c1-3-17-14(13-7-4-9(2)18-13)11-8-10(16)5-6-12(11)15/h4-8,14,17H,3H2,1-2H3. The number of furan rings is 1. The molecule has 4 heteroatoms. The van der Waals surface area contributed by atoms with Gasteiger partial charge in [-0.25, -0.2) is 4.39 Å². The maximum atomic E-state index is 13.4. The summed E-state index contributed by atoms with van der Waals surface area (Å²) >= 11 is 6.14. The zero-order valence-electron chi connectivity index (χ0n) is 10.3. The molecule has 1 heterocycles. The van der Waals surface area contributed by atoms with Crippen molar-refractivity contribution in [3.05, 3.63) is 58.3 Å². The third kappa shape index (κ3) is 2.74. The number of aryl methyl sites for hydroxylation is 1. The monoisotopic (exact) mass is 267 g/mol. The van der Waals surface area contributed by atoms with Gasteiger partial charge in [0.25, 0.3) is 0 Å². The summed E-state index contributed by atoms with van der Waals surface area (Å²) < 4.78 is 19.0. The second-order valence-electron chi connectivity index (χ2n) is 4.10. The quantitative estimate of drug-likeness (QED) is 0.903. The Morgan fingerprint density at radius 2 is 2.11 bits per heavy atom. The summed E-state index contributed by atoms with van der Waals surface area (Å²) in [6, 6.07) is 7.88. The summed E-state index contributed by atoms with van der Waals surface area (Å²) in [4.78, 5) is 0. The molecular weight excluding hydrogens is 253 g/mol. The zero-order chi connectivity index (χ0) is 13.1. The van der Waals surface area contributed by atoms with Crippen molar-refractivity contribution < 1.29 is 8.81 Å². The fourth-order valence-corrected chi connectivity index (χ4v) is 2.14. The van der Waals surface area contributed by atoms with E-state index in [2.05, 4.69) is 5.32 Å². The molecule has 0 spiro atoms. The van der Waals surface area contributed by atoms with Crippen LogP contribution in [-0.4, -0.2) is 6.54 Å². The lowest BCUT2D eigenvalue weighted by Crippen LogP contribution is -2.22. The Labute approximate surface area is 111 Å². The molecule has 96 valence electrons. The van der Waals surface area contributed by atoms with Crippen LogP contribution in [0.5, 0.6) is 0 Å². The molecule has 0 amide bonds. The highest BCUT2D eigenvalue weighted by atomic mass is 35.5. The largest absolute Gasteiger partial charge is 0.464 e. The molecule has 0 saturated carbocycles. The lowest BCUT2D eigenvalue weighted by atomic mass is 10.0. The number of rotatable bonds is 4. The van der Waals surface area contributed by atoms with Gasteiger partial charge in [0.1, 0.15) is 17.3 Å². The van der Waals surface area contributed by atoms with E-state index in [-0.39, 0.29) is 11.9 Å². The van der Waals surface area contributed by atoms with Crippen LogP contribution in [0.15, 0.2) is 34.7 Å². The minimum Gasteiger partial charge on any atom is -0.464 e. The van der Waals surface area contributed by atoms with Gasteiger partial charge in [0.2, 0.25) is 0 Å². The summed E-state index contributed by atoms with van der Waals surface area (Å²) in [5.74, 6) is 1.25. The van der Waals surface area contributed by atoms with Crippen LogP contribution in [0, 0.1) is 12.7 Å². The van der Waals surface area contributed by atoms with Gasteiger partial charge in [-0.1, -0.05) is 18.5 Å². The van der Waals surface area contributed by atoms with Gasteiger partial charge in [-0.3, -0.25) is 0 Å². The summed E-state index contributed by atoms with van der Waals surface area (Å²) in [7, 11) is 0. The molecule has 0 saturated heterocycles. The molecule has 2 rings (SSSR count). The van der Waals surface area contributed by atoms with Crippen LogP contribution in [-0.2, 0) is 0 Å². The zero-order valence-corrected chi connectivity index (χ0v) is 11.1. The van der Waals surface area contributed by atoms with Crippen molar-refractivity contribution in [2.24, 2.45) is 0 Å². The Bertz CT molecular complexity index is 538. The maximum absolute atomic E-state index is 13.4. The maximum Gasteiger partial charge on any atom is 0.125 e. The van der Waals surface area contributed by atoms with Gasteiger partial charge >= 0.3 is 0 Å². The van der Waals surface area contributed by atoms with Crippen LogP contribution in [0.25, 0.3) is 0 Å². The third-order valence-corrected chi connectivity index (χ3v) is 3.07. The van der Waals surface area contributed by atoms with E-state index in [0.717, 1.165) is 18.1 Å². The van der Waals surface area contributed by atoms with E-state index in [1.807, 2.05) is 26.0 Å². The molecule has 1 N–H and O–H groups in total. The molecule has 0 fully saturated rings. The number of hydrogen-bond acceptors (Lipinski definition) is 2. The normalized spacial score (nSPS) is 12.7. The highest BCUT2D eigenvalue weighted by Crippen LogP contribution is 2.30. The van der Waals surface area contributed by atoms with Crippen LogP contribution in [0.1, 0.15) is 30.0 Å². The molecule has 0 aliphatic heterocycles. The van der Waals surface area contributed by atoms with Crippen molar-refractivity contribution >= 4 is 11.6 Å². The van der Waals surface area contributed by atoms with Crippen molar-refractivity contribution in [2.75, 3.05) is 6.54 Å². The van der Waals surface area contributed by atoms with E-state index < -0.39 is 0 Å². The fourth-order valence-electron chi connectivity index (χ4n) is 1.91. The Kier molecular flexibility index (Phi) is 4.04. The molecule has 2 aromatic rings. The predicted molar refractivity (Wildman–Crippen MR) is 70.4 cm³/mol. The van der Waals surface area contributed by atoms with Gasteiger partial charge < -0.3 is 9.73 Å². The van der Waals surface area contributed by atoms with Gasteiger partial charge in [-0.05, 0) is 49.4 Å². The first-order valence-electron chi connectivity index (χ1n) is 5.86. The van der Waals surface area contributed by atoms with Crippen molar-refractivity contribution in [2.45, 2.75) is 19.9 Å². The third-order valence-electron chi connectivity index (χ3n) is 2.72. The molecule has 1 unspecified atom stereocenters. The minimum absolute atomic E-state index is 0.230. The molecule has 18 heavy (non-hydrogen) atoms. The van der Waals surface area contributed by atoms with E-state index in [1.165, 1.54) is 12.1 Å². The van der Waals surface area contributed by atoms with Crippen molar-refractivity contribution in [1.29, 1.82) is 0 Å². The number of nitrogens with one attached hydrogen (secondary N) is 1. The second kappa shape index (κ2) is 5.55. The molecule has 0 aliphatic rings. The minimum atomic E-state index is -0.305. The molecule has 0 radical (unpaired) electrons. The van der Waals surface area contributed by atoms with Crippen LogP contribution < -0.4 is 5.32 Å². The summed E-state index contributed by atoms with van der Waals surface area (Å²) in [5, 5.41) is 3.78. The molecule has 2 nitrogen and oxygen atoms in total. The van der Waals surface area contributed by atoms with Crippen molar-refractivity contribution in [3.8, 4) is 0 Å². The van der Waals surface area contributed by atoms with Crippen LogP contribution in [0.3, 0.4) is 0 Å². The highest BCUT2D eigenvalue weighted by Gasteiger charge is 2.19. The molecule has 1 aromatic heterocycles.